The van der Waals surface area contributed by atoms with Gasteiger partial charge in [0.2, 0.25) is 0 Å². The van der Waals surface area contributed by atoms with Gasteiger partial charge in [-0.25, -0.2) is 4.98 Å². The fourth-order valence-electron chi connectivity index (χ4n) is 1.99. The first-order chi connectivity index (χ1) is 8.88. The van der Waals surface area contributed by atoms with Gasteiger partial charge in [-0.05, 0) is 29.5 Å². The molecule has 0 unspecified atom stereocenters. The number of aromatic nitrogens is 1. The molecule has 3 nitrogen and oxygen atoms in total. The molecule has 100 valence electrons. The van der Waals surface area contributed by atoms with Crippen LogP contribution in [0, 0.1) is 6.92 Å². The highest BCUT2D eigenvalue weighted by Crippen LogP contribution is 2.31. The van der Waals surface area contributed by atoms with Crippen molar-refractivity contribution in [2.45, 2.75) is 33.1 Å². The summed E-state index contributed by atoms with van der Waals surface area (Å²) in [6.45, 7) is 8.55. The van der Waals surface area contributed by atoms with E-state index in [1.165, 1.54) is 5.56 Å². The van der Waals surface area contributed by atoms with Crippen molar-refractivity contribution in [3.8, 4) is 0 Å². The Bertz CT molecular complexity index is 583. The highest BCUT2D eigenvalue weighted by molar-refractivity contribution is 5.65. The van der Waals surface area contributed by atoms with E-state index in [0.29, 0.717) is 0 Å². The zero-order valence-electron chi connectivity index (χ0n) is 12.0. The van der Waals surface area contributed by atoms with E-state index in [4.69, 9.17) is 5.73 Å². The number of para-hydroxylation sites is 1. The maximum absolute atomic E-state index is 5.92. The maximum Gasteiger partial charge on any atom is 0.132 e. The molecule has 0 radical (unpaired) electrons. The van der Waals surface area contributed by atoms with E-state index in [1.807, 2.05) is 19.1 Å². The number of nitrogen functional groups attached to an aromatic ring is 1. The predicted molar refractivity (Wildman–Crippen MR) is 81.8 cm³/mol. The summed E-state index contributed by atoms with van der Waals surface area (Å²) < 4.78 is 0. The Kier molecular flexibility index (Phi) is 3.47. The van der Waals surface area contributed by atoms with Crippen molar-refractivity contribution < 1.29 is 0 Å². The monoisotopic (exact) mass is 255 g/mol. The van der Waals surface area contributed by atoms with E-state index in [9.17, 15) is 0 Å². The van der Waals surface area contributed by atoms with Crippen LogP contribution in [0.15, 0.2) is 36.5 Å². The summed E-state index contributed by atoms with van der Waals surface area (Å²) in [5.74, 6) is 0.778. The van der Waals surface area contributed by atoms with Gasteiger partial charge in [0, 0.05) is 23.6 Å². The minimum atomic E-state index is 0.0832. The summed E-state index contributed by atoms with van der Waals surface area (Å²) in [4.78, 5) is 4.37. The lowest BCUT2D eigenvalue weighted by molar-refractivity contribution is 0.592. The van der Waals surface area contributed by atoms with Gasteiger partial charge in [0.15, 0.2) is 0 Å². The molecular weight excluding hydrogens is 234 g/mol. The van der Waals surface area contributed by atoms with Crippen LogP contribution < -0.4 is 11.1 Å². The lowest BCUT2D eigenvalue weighted by Gasteiger charge is -2.23. The zero-order chi connectivity index (χ0) is 14.0. The number of rotatable bonds is 2. The van der Waals surface area contributed by atoms with Crippen molar-refractivity contribution in [2.24, 2.45) is 0 Å². The fourth-order valence-corrected chi connectivity index (χ4v) is 1.99. The number of hydrogen-bond donors (Lipinski definition) is 2. The van der Waals surface area contributed by atoms with E-state index < -0.39 is 0 Å². The third kappa shape index (κ3) is 3.05. The van der Waals surface area contributed by atoms with Crippen LogP contribution in [-0.2, 0) is 5.41 Å². The smallest absolute Gasteiger partial charge is 0.132 e. The van der Waals surface area contributed by atoms with Crippen molar-refractivity contribution in [2.75, 3.05) is 11.1 Å². The minimum Gasteiger partial charge on any atom is -0.398 e. The molecule has 3 heteroatoms. The van der Waals surface area contributed by atoms with Crippen LogP contribution in [-0.4, -0.2) is 4.98 Å². The molecule has 2 rings (SSSR count). The van der Waals surface area contributed by atoms with Crippen molar-refractivity contribution in [3.63, 3.8) is 0 Å². The van der Waals surface area contributed by atoms with Crippen molar-refractivity contribution >= 4 is 17.2 Å². The molecule has 0 aliphatic heterocycles. The van der Waals surface area contributed by atoms with Crippen LogP contribution >= 0.6 is 0 Å². The molecule has 1 aromatic carbocycles. The molecule has 0 saturated heterocycles. The molecule has 19 heavy (non-hydrogen) atoms. The quantitative estimate of drug-likeness (QED) is 0.852. The molecule has 2 aromatic rings. The third-order valence-electron chi connectivity index (χ3n) is 3.14. The first kappa shape index (κ1) is 13.4. The van der Waals surface area contributed by atoms with E-state index in [-0.39, 0.29) is 5.41 Å². The van der Waals surface area contributed by atoms with E-state index in [1.54, 1.807) is 6.20 Å². The van der Waals surface area contributed by atoms with Gasteiger partial charge in [-0.2, -0.15) is 0 Å². The average Bonchev–Trinajstić information content (AvgIpc) is 2.33. The molecule has 0 bridgehead atoms. The standard InChI is InChI=1S/C16H21N3/c1-11-10-18-15(9-13(11)17)19-14-8-6-5-7-12(14)16(2,3)4/h5-10H,1-4H3,(H3,17,18,19). The van der Waals surface area contributed by atoms with Crippen LogP contribution in [0.1, 0.15) is 31.9 Å². The molecule has 0 fully saturated rings. The largest absolute Gasteiger partial charge is 0.398 e. The van der Waals surface area contributed by atoms with Crippen LogP contribution in [0.3, 0.4) is 0 Å². The second-order valence-electron chi connectivity index (χ2n) is 5.85. The molecule has 0 spiro atoms. The van der Waals surface area contributed by atoms with Crippen molar-refractivity contribution in [1.82, 2.24) is 4.98 Å². The first-order valence-electron chi connectivity index (χ1n) is 6.46. The second kappa shape index (κ2) is 4.92. The summed E-state index contributed by atoms with van der Waals surface area (Å²) in [6, 6.07) is 10.2. The molecule has 0 saturated carbocycles. The van der Waals surface area contributed by atoms with Crippen LogP contribution in [0.5, 0.6) is 0 Å². The molecule has 0 aliphatic carbocycles. The topological polar surface area (TPSA) is 50.9 Å². The van der Waals surface area contributed by atoms with E-state index in [2.05, 4.69) is 49.3 Å². The normalized spacial score (nSPS) is 11.4. The van der Waals surface area contributed by atoms with Gasteiger partial charge in [-0.1, -0.05) is 39.0 Å². The van der Waals surface area contributed by atoms with Gasteiger partial charge in [-0.15, -0.1) is 0 Å². The van der Waals surface area contributed by atoms with Gasteiger partial charge < -0.3 is 11.1 Å². The number of nitrogens with zero attached hydrogens (tertiary/aromatic N) is 1. The number of nitrogens with two attached hydrogens (primary N) is 1. The van der Waals surface area contributed by atoms with Crippen molar-refractivity contribution in [3.05, 3.63) is 47.7 Å². The molecular formula is C16H21N3. The van der Waals surface area contributed by atoms with E-state index in [0.717, 1.165) is 22.8 Å². The summed E-state index contributed by atoms with van der Waals surface area (Å²) >= 11 is 0. The third-order valence-corrected chi connectivity index (χ3v) is 3.14. The predicted octanol–water partition coefficient (Wildman–Crippen LogP) is 4.01. The summed E-state index contributed by atoms with van der Waals surface area (Å²) in [7, 11) is 0. The Morgan fingerprint density at radius 1 is 1.16 bits per heavy atom. The fraction of sp³-hybridized carbons (Fsp3) is 0.312. The van der Waals surface area contributed by atoms with E-state index >= 15 is 0 Å². The molecule has 1 aromatic heterocycles. The first-order valence-corrected chi connectivity index (χ1v) is 6.46. The van der Waals surface area contributed by atoms with Crippen LogP contribution in [0.2, 0.25) is 0 Å². The molecule has 1 heterocycles. The number of aryl methyl sites for hydroxylation is 1. The van der Waals surface area contributed by atoms with Crippen LogP contribution in [0.4, 0.5) is 17.2 Å². The maximum atomic E-state index is 5.92. The molecule has 0 amide bonds. The number of hydrogen-bond acceptors (Lipinski definition) is 3. The zero-order valence-corrected chi connectivity index (χ0v) is 12.0. The van der Waals surface area contributed by atoms with Gasteiger partial charge in [-0.3, -0.25) is 0 Å². The summed E-state index contributed by atoms with van der Waals surface area (Å²) in [5, 5.41) is 3.36. The van der Waals surface area contributed by atoms with Crippen molar-refractivity contribution in [1.29, 1.82) is 0 Å². The summed E-state index contributed by atoms with van der Waals surface area (Å²) in [6.07, 6.45) is 1.79. The Labute approximate surface area is 114 Å². The number of pyridine rings is 1. The Morgan fingerprint density at radius 3 is 2.47 bits per heavy atom. The van der Waals surface area contributed by atoms with Gasteiger partial charge in [0.25, 0.3) is 0 Å². The Morgan fingerprint density at radius 2 is 1.84 bits per heavy atom. The SMILES string of the molecule is Cc1cnc(Nc2ccccc2C(C)(C)C)cc1N. The lowest BCUT2D eigenvalue weighted by atomic mass is 9.86. The van der Waals surface area contributed by atoms with Crippen LogP contribution in [0.25, 0.3) is 0 Å². The lowest BCUT2D eigenvalue weighted by Crippen LogP contribution is -2.13. The second-order valence-corrected chi connectivity index (χ2v) is 5.85. The molecule has 0 aliphatic rings. The number of anilines is 3. The molecule has 0 atom stereocenters. The Balaban J connectivity index is 2.36. The minimum absolute atomic E-state index is 0.0832. The highest BCUT2D eigenvalue weighted by Gasteiger charge is 2.17. The van der Waals surface area contributed by atoms with Gasteiger partial charge in [0.1, 0.15) is 5.82 Å². The Hall–Kier alpha value is -2.03. The number of benzene rings is 1. The highest BCUT2D eigenvalue weighted by atomic mass is 15.0. The molecule has 3 N–H and O–H groups in total. The van der Waals surface area contributed by atoms with Gasteiger partial charge in [0.05, 0.1) is 0 Å². The average molecular weight is 255 g/mol. The summed E-state index contributed by atoms with van der Waals surface area (Å²) in [5.41, 5.74) is 10.1. The van der Waals surface area contributed by atoms with Gasteiger partial charge >= 0.3 is 0 Å². The number of nitrogens with one attached hydrogen (secondary N) is 1.